The molecule has 0 radical (unpaired) electrons. The van der Waals surface area contributed by atoms with Crippen LogP contribution in [0.15, 0.2) is 36.6 Å². The fourth-order valence-electron chi connectivity index (χ4n) is 3.96. The van der Waals surface area contributed by atoms with Crippen LogP contribution >= 0.6 is 0 Å². The number of aryl methyl sites for hydroxylation is 2. The zero-order chi connectivity index (χ0) is 29.6. The number of ether oxygens (including phenoxy) is 4. The summed E-state index contributed by atoms with van der Waals surface area (Å²) in [6.45, 7) is 8.33. The first-order valence-electron chi connectivity index (χ1n) is 12.3. The normalized spacial score (nSPS) is 10.8. The maximum atomic E-state index is 11.8. The van der Waals surface area contributed by atoms with Gasteiger partial charge in [-0.25, -0.2) is 9.59 Å². The Morgan fingerprint density at radius 1 is 0.725 bits per heavy atom. The molecule has 11 heteroatoms. The number of carbonyl (C=O) groups is 1. The minimum absolute atomic E-state index is 0.00804. The molecule has 2 aromatic heterocycles. The van der Waals surface area contributed by atoms with Gasteiger partial charge >= 0.3 is 11.3 Å². The van der Waals surface area contributed by atoms with E-state index in [2.05, 4.69) is 0 Å². The van der Waals surface area contributed by atoms with Gasteiger partial charge in [-0.15, -0.1) is 0 Å². The van der Waals surface area contributed by atoms with E-state index in [4.69, 9.17) is 27.8 Å². The maximum absolute atomic E-state index is 11.8. The molecule has 0 aliphatic rings. The lowest BCUT2D eigenvalue weighted by Gasteiger charge is -2.13. The number of methoxy groups -OCH3 is 2. The monoisotopic (exact) mass is 556 g/mol. The average Bonchev–Trinajstić information content (AvgIpc) is 2.90. The number of hydrogen-bond donors (Lipinski definition) is 2. The molecular weight excluding hydrogens is 524 g/mol. The molecule has 4 aromatic rings. The van der Waals surface area contributed by atoms with Gasteiger partial charge in [0.15, 0.2) is 11.9 Å². The lowest BCUT2D eigenvalue weighted by Crippen LogP contribution is -2.09. The van der Waals surface area contributed by atoms with Gasteiger partial charge in [-0.2, -0.15) is 0 Å². The standard InChI is InChI=1S/C15H16O6.C14H16O5/c1-8-9(2)15(18)21-14-10(7-16)11(17)6-12(13(8)14)20-5-4-19-3;1-8-9(2)14(16)19-12-7-10(15)6-11(13(8)12)18-5-4-17-3/h6-7,17H,4-5H2,1-3H3;6-7,15H,4-5H2,1-3H3. The Labute approximate surface area is 229 Å². The van der Waals surface area contributed by atoms with Crippen molar-refractivity contribution >= 4 is 28.2 Å². The highest BCUT2D eigenvalue weighted by molar-refractivity contribution is 6.01. The molecule has 0 bridgehead atoms. The van der Waals surface area contributed by atoms with Crippen molar-refractivity contribution in [2.24, 2.45) is 0 Å². The highest BCUT2D eigenvalue weighted by Gasteiger charge is 2.19. The third-order valence-electron chi connectivity index (χ3n) is 6.41. The van der Waals surface area contributed by atoms with Gasteiger partial charge in [-0.05, 0) is 38.8 Å². The van der Waals surface area contributed by atoms with Crippen LogP contribution in [0.4, 0.5) is 0 Å². The van der Waals surface area contributed by atoms with E-state index < -0.39 is 11.3 Å². The van der Waals surface area contributed by atoms with Crippen LogP contribution < -0.4 is 20.7 Å². The zero-order valence-corrected chi connectivity index (χ0v) is 23.2. The summed E-state index contributed by atoms with van der Waals surface area (Å²) in [4.78, 5) is 34.5. The number of fused-ring (bicyclic) bond motifs is 2. The maximum Gasteiger partial charge on any atom is 0.339 e. The topological polar surface area (TPSA) is 155 Å². The summed E-state index contributed by atoms with van der Waals surface area (Å²) in [6, 6.07) is 4.25. The summed E-state index contributed by atoms with van der Waals surface area (Å²) < 4.78 is 31.3. The van der Waals surface area contributed by atoms with Crippen molar-refractivity contribution < 1.29 is 42.8 Å². The average molecular weight is 557 g/mol. The molecule has 0 saturated heterocycles. The quantitative estimate of drug-likeness (QED) is 0.174. The van der Waals surface area contributed by atoms with Crippen LogP contribution in [0.25, 0.3) is 21.9 Å². The second kappa shape index (κ2) is 13.1. The molecule has 0 aliphatic heterocycles. The predicted molar refractivity (Wildman–Crippen MR) is 147 cm³/mol. The van der Waals surface area contributed by atoms with Gasteiger partial charge < -0.3 is 38.0 Å². The molecule has 11 nitrogen and oxygen atoms in total. The van der Waals surface area contributed by atoms with Crippen molar-refractivity contribution in [1.82, 2.24) is 0 Å². The third kappa shape index (κ3) is 6.27. The molecule has 4 rings (SSSR count). The lowest BCUT2D eigenvalue weighted by molar-refractivity contribution is 0.112. The van der Waals surface area contributed by atoms with Gasteiger partial charge in [0.1, 0.15) is 41.8 Å². The van der Waals surface area contributed by atoms with Gasteiger partial charge in [-0.1, -0.05) is 0 Å². The Kier molecular flexibility index (Phi) is 9.92. The van der Waals surface area contributed by atoms with E-state index in [0.29, 0.717) is 70.7 Å². The smallest absolute Gasteiger partial charge is 0.339 e. The Morgan fingerprint density at radius 3 is 1.80 bits per heavy atom. The summed E-state index contributed by atoms with van der Waals surface area (Å²) >= 11 is 0. The van der Waals surface area contributed by atoms with Crippen LogP contribution in [-0.4, -0.2) is 57.1 Å². The molecular formula is C29H32O11. The van der Waals surface area contributed by atoms with Crippen molar-refractivity contribution in [3.05, 3.63) is 66.9 Å². The number of aldehydes is 1. The first-order valence-corrected chi connectivity index (χ1v) is 12.3. The third-order valence-corrected chi connectivity index (χ3v) is 6.41. The van der Waals surface area contributed by atoms with Crippen LogP contribution in [0.3, 0.4) is 0 Å². The van der Waals surface area contributed by atoms with E-state index in [0.717, 1.165) is 5.56 Å². The van der Waals surface area contributed by atoms with Gasteiger partial charge in [-0.3, -0.25) is 4.79 Å². The summed E-state index contributed by atoms with van der Waals surface area (Å²) in [7, 11) is 3.13. The van der Waals surface area contributed by atoms with Crippen molar-refractivity contribution in [2.75, 3.05) is 40.6 Å². The van der Waals surface area contributed by atoms with Crippen molar-refractivity contribution in [1.29, 1.82) is 0 Å². The SMILES string of the molecule is COCCOc1cc(O)c(C=O)c2oc(=O)c(C)c(C)c12.COCCOc1cc(O)cc2oc(=O)c(C)c(C)c12. The minimum Gasteiger partial charge on any atom is -0.508 e. The van der Waals surface area contributed by atoms with Crippen LogP contribution in [-0.2, 0) is 9.47 Å². The number of carbonyl (C=O) groups excluding carboxylic acids is 1. The van der Waals surface area contributed by atoms with E-state index in [9.17, 15) is 24.6 Å². The fraction of sp³-hybridized carbons (Fsp3) is 0.345. The van der Waals surface area contributed by atoms with E-state index in [-0.39, 0.29) is 29.3 Å². The Bertz CT molecular complexity index is 1650. The van der Waals surface area contributed by atoms with Crippen molar-refractivity contribution in [3.8, 4) is 23.0 Å². The first kappa shape index (κ1) is 30.2. The van der Waals surface area contributed by atoms with E-state index in [1.54, 1.807) is 35.0 Å². The molecule has 2 heterocycles. The van der Waals surface area contributed by atoms with Crippen LogP contribution in [0.5, 0.6) is 23.0 Å². The number of rotatable bonds is 9. The largest absolute Gasteiger partial charge is 0.508 e. The van der Waals surface area contributed by atoms with Crippen LogP contribution in [0, 0.1) is 27.7 Å². The molecule has 0 saturated carbocycles. The number of benzene rings is 2. The second-order valence-electron chi connectivity index (χ2n) is 8.91. The molecule has 0 fully saturated rings. The highest BCUT2D eigenvalue weighted by atomic mass is 16.5. The summed E-state index contributed by atoms with van der Waals surface area (Å²) in [5, 5.41) is 20.7. The summed E-state index contributed by atoms with van der Waals surface area (Å²) in [5.41, 5.74) is 1.75. The lowest BCUT2D eigenvalue weighted by atomic mass is 10.0. The molecule has 0 aliphatic carbocycles. The van der Waals surface area contributed by atoms with Crippen LogP contribution in [0.2, 0.25) is 0 Å². The van der Waals surface area contributed by atoms with Crippen molar-refractivity contribution in [3.63, 3.8) is 0 Å². The molecule has 0 atom stereocenters. The Hall–Kier alpha value is -4.35. The van der Waals surface area contributed by atoms with Gasteiger partial charge in [0, 0.05) is 43.5 Å². The molecule has 2 N–H and O–H groups in total. The molecule has 0 unspecified atom stereocenters. The Balaban J connectivity index is 0.000000222. The summed E-state index contributed by atoms with van der Waals surface area (Å²) in [5.74, 6) is 0.522. The highest BCUT2D eigenvalue weighted by Crippen LogP contribution is 2.36. The molecule has 0 spiro atoms. The predicted octanol–water partition coefficient (Wildman–Crippen LogP) is 4.09. The Morgan fingerprint density at radius 2 is 1.25 bits per heavy atom. The second-order valence-corrected chi connectivity index (χ2v) is 8.91. The van der Waals surface area contributed by atoms with E-state index >= 15 is 0 Å². The number of hydrogen-bond acceptors (Lipinski definition) is 11. The molecule has 40 heavy (non-hydrogen) atoms. The zero-order valence-electron chi connectivity index (χ0n) is 23.2. The van der Waals surface area contributed by atoms with Gasteiger partial charge in [0.25, 0.3) is 0 Å². The fourth-order valence-corrected chi connectivity index (χ4v) is 3.96. The van der Waals surface area contributed by atoms with Crippen LogP contribution in [0.1, 0.15) is 32.6 Å². The van der Waals surface area contributed by atoms with Gasteiger partial charge in [0.05, 0.1) is 29.5 Å². The number of phenolic OH excluding ortho intramolecular Hbond substituents is 2. The minimum atomic E-state index is -0.545. The number of phenols is 2. The molecule has 2 aromatic carbocycles. The van der Waals surface area contributed by atoms with E-state index in [1.807, 2.05) is 6.92 Å². The first-order chi connectivity index (χ1) is 19.0. The molecule has 214 valence electrons. The molecule has 0 amide bonds. The van der Waals surface area contributed by atoms with Gasteiger partial charge in [0.2, 0.25) is 0 Å². The summed E-state index contributed by atoms with van der Waals surface area (Å²) in [6.07, 6.45) is 0.453. The van der Waals surface area contributed by atoms with Crippen molar-refractivity contribution in [2.45, 2.75) is 27.7 Å². The van der Waals surface area contributed by atoms with E-state index in [1.165, 1.54) is 18.2 Å². The number of aromatic hydroxyl groups is 2.